The van der Waals surface area contributed by atoms with Crippen LogP contribution < -0.4 is 5.32 Å². The number of furan rings is 1. The molecular formula is C16H18N2O5. The van der Waals surface area contributed by atoms with Crippen molar-refractivity contribution in [2.45, 2.75) is 25.9 Å². The van der Waals surface area contributed by atoms with Gasteiger partial charge in [-0.3, -0.25) is 4.79 Å². The Labute approximate surface area is 133 Å². The normalized spacial score (nSPS) is 17.6. The molecule has 1 aliphatic heterocycles. The third-order valence-electron chi connectivity index (χ3n) is 3.51. The molecule has 1 fully saturated rings. The van der Waals surface area contributed by atoms with Crippen molar-refractivity contribution in [2.24, 2.45) is 0 Å². The Kier molecular flexibility index (Phi) is 5.55. The van der Waals surface area contributed by atoms with Crippen LogP contribution in [0.1, 0.15) is 34.7 Å². The maximum absolute atomic E-state index is 12.0. The zero-order chi connectivity index (χ0) is 16.8. The highest BCUT2D eigenvalue weighted by Gasteiger charge is 2.19. The summed E-state index contributed by atoms with van der Waals surface area (Å²) < 4.78 is 15.4. The van der Waals surface area contributed by atoms with Gasteiger partial charge in [-0.2, -0.15) is 5.26 Å². The second-order valence-electron chi connectivity index (χ2n) is 5.13. The number of nitriles is 1. The van der Waals surface area contributed by atoms with Gasteiger partial charge in [0, 0.05) is 19.2 Å². The van der Waals surface area contributed by atoms with Crippen LogP contribution >= 0.6 is 0 Å². The van der Waals surface area contributed by atoms with E-state index in [2.05, 4.69) is 10.1 Å². The van der Waals surface area contributed by atoms with E-state index in [1.54, 1.807) is 6.92 Å². The molecule has 2 heterocycles. The topological polar surface area (TPSA) is 102 Å². The predicted molar refractivity (Wildman–Crippen MR) is 80.4 cm³/mol. The van der Waals surface area contributed by atoms with E-state index in [1.807, 2.05) is 6.07 Å². The maximum Gasteiger partial charge on any atom is 0.341 e. The third kappa shape index (κ3) is 4.20. The standard InChI is InChI=1S/C16H18N2O5/c1-10-14(16(20)21-2)7-13(23-10)6-11(8-17)15(19)18-9-12-4-3-5-22-12/h6-7,12H,3-5,9H2,1-2H3,(H,18,19)/b11-6+. The first kappa shape index (κ1) is 16.8. The van der Waals surface area contributed by atoms with Crippen molar-refractivity contribution < 1.29 is 23.5 Å². The number of hydrogen-bond acceptors (Lipinski definition) is 6. The Hall–Kier alpha value is -2.59. The fourth-order valence-electron chi connectivity index (χ4n) is 2.29. The molecule has 0 radical (unpaired) electrons. The smallest absolute Gasteiger partial charge is 0.341 e. The first-order valence-corrected chi connectivity index (χ1v) is 7.25. The first-order valence-electron chi connectivity index (χ1n) is 7.25. The molecule has 1 aromatic rings. The number of aryl methyl sites for hydroxylation is 1. The van der Waals surface area contributed by atoms with E-state index in [9.17, 15) is 9.59 Å². The highest BCUT2D eigenvalue weighted by Crippen LogP contribution is 2.18. The van der Waals surface area contributed by atoms with Gasteiger partial charge >= 0.3 is 5.97 Å². The summed E-state index contributed by atoms with van der Waals surface area (Å²) in [5.41, 5.74) is 0.156. The van der Waals surface area contributed by atoms with Crippen LogP contribution in [0.15, 0.2) is 16.1 Å². The summed E-state index contributed by atoms with van der Waals surface area (Å²) in [6.45, 7) is 2.67. The molecule has 0 aliphatic carbocycles. The molecule has 1 aromatic heterocycles. The average Bonchev–Trinajstić information content (AvgIpc) is 3.19. The molecule has 122 valence electrons. The van der Waals surface area contributed by atoms with Gasteiger partial charge in [0.25, 0.3) is 5.91 Å². The Morgan fingerprint density at radius 1 is 1.57 bits per heavy atom. The van der Waals surface area contributed by atoms with Gasteiger partial charge in [-0.05, 0) is 25.8 Å². The molecular weight excluding hydrogens is 300 g/mol. The molecule has 0 spiro atoms. The fourth-order valence-corrected chi connectivity index (χ4v) is 2.29. The van der Waals surface area contributed by atoms with Gasteiger partial charge in [0.2, 0.25) is 0 Å². The van der Waals surface area contributed by atoms with Crippen LogP contribution in [-0.4, -0.2) is 38.2 Å². The predicted octanol–water partition coefficient (Wildman–Crippen LogP) is 1.58. The zero-order valence-corrected chi connectivity index (χ0v) is 13.0. The molecule has 7 heteroatoms. The summed E-state index contributed by atoms with van der Waals surface area (Å²) in [6, 6.07) is 3.27. The Balaban J connectivity index is 2.07. The number of nitrogens with one attached hydrogen (secondary N) is 1. The monoisotopic (exact) mass is 318 g/mol. The summed E-state index contributed by atoms with van der Waals surface area (Å²) in [7, 11) is 1.27. The summed E-state index contributed by atoms with van der Waals surface area (Å²) in [4.78, 5) is 23.6. The minimum atomic E-state index is -0.535. The fraction of sp³-hybridized carbons (Fsp3) is 0.438. The number of nitrogens with zero attached hydrogens (tertiary/aromatic N) is 1. The van der Waals surface area contributed by atoms with E-state index >= 15 is 0 Å². The van der Waals surface area contributed by atoms with Gasteiger partial charge in [0.05, 0.1) is 13.2 Å². The molecule has 0 aromatic carbocycles. The Morgan fingerprint density at radius 2 is 2.35 bits per heavy atom. The third-order valence-corrected chi connectivity index (χ3v) is 3.51. The van der Waals surface area contributed by atoms with Crippen molar-refractivity contribution in [1.82, 2.24) is 5.32 Å². The van der Waals surface area contributed by atoms with Crippen LogP contribution in [0.2, 0.25) is 0 Å². The molecule has 23 heavy (non-hydrogen) atoms. The number of ether oxygens (including phenoxy) is 2. The molecule has 1 unspecified atom stereocenters. The number of carbonyl (C=O) groups excluding carboxylic acids is 2. The van der Waals surface area contributed by atoms with Crippen LogP contribution in [-0.2, 0) is 14.3 Å². The quantitative estimate of drug-likeness (QED) is 0.502. The number of amides is 1. The largest absolute Gasteiger partial charge is 0.465 e. The van der Waals surface area contributed by atoms with Gasteiger partial charge in [-0.1, -0.05) is 0 Å². The van der Waals surface area contributed by atoms with Crippen molar-refractivity contribution >= 4 is 18.0 Å². The summed E-state index contributed by atoms with van der Waals surface area (Å²) in [6.07, 6.45) is 3.16. The number of rotatable bonds is 5. The number of carbonyl (C=O) groups is 2. The van der Waals surface area contributed by atoms with Gasteiger partial charge in [-0.25, -0.2) is 4.79 Å². The van der Waals surface area contributed by atoms with E-state index in [4.69, 9.17) is 14.4 Å². The molecule has 0 bridgehead atoms. The highest BCUT2D eigenvalue weighted by molar-refractivity contribution is 6.01. The molecule has 1 aliphatic rings. The van der Waals surface area contributed by atoms with Crippen LogP contribution in [0.3, 0.4) is 0 Å². The van der Waals surface area contributed by atoms with E-state index in [1.165, 1.54) is 19.3 Å². The minimum absolute atomic E-state index is 0.00400. The summed E-state index contributed by atoms with van der Waals surface area (Å²) in [5.74, 6) is -0.434. The van der Waals surface area contributed by atoms with Crippen molar-refractivity contribution in [3.05, 3.63) is 28.7 Å². The van der Waals surface area contributed by atoms with Gasteiger partial charge in [0.15, 0.2) is 0 Å². The average molecular weight is 318 g/mol. The van der Waals surface area contributed by atoms with E-state index < -0.39 is 11.9 Å². The lowest BCUT2D eigenvalue weighted by molar-refractivity contribution is -0.117. The highest BCUT2D eigenvalue weighted by atomic mass is 16.5. The Bertz CT molecular complexity index is 663. The lowest BCUT2D eigenvalue weighted by Gasteiger charge is -2.09. The molecule has 1 N–H and O–H groups in total. The minimum Gasteiger partial charge on any atom is -0.465 e. The van der Waals surface area contributed by atoms with Crippen molar-refractivity contribution in [3.63, 3.8) is 0 Å². The SMILES string of the molecule is COC(=O)c1cc(/C=C(\C#N)C(=O)NCC2CCCO2)oc1C. The molecule has 2 rings (SSSR count). The number of esters is 1. The van der Waals surface area contributed by atoms with Crippen LogP contribution in [0.4, 0.5) is 0 Å². The lowest BCUT2D eigenvalue weighted by Crippen LogP contribution is -2.32. The van der Waals surface area contributed by atoms with Gasteiger partial charge < -0.3 is 19.2 Å². The maximum atomic E-state index is 12.0. The molecule has 7 nitrogen and oxygen atoms in total. The second-order valence-corrected chi connectivity index (χ2v) is 5.13. The second kappa shape index (κ2) is 7.61. The van der Waals surface area contributed by atoms with Crippen LogP contribution in [0.5, 0.6) is 0 Å². The number of methoxy groups -OCH3 is 1. The molecule has 1 atom stereocenters. The van der Waals surface area contributed by atoms with Crippen molar-refractivity contribution in [3.8, 4) is 6.07 Å². The Morgan fingerprint density at radius 3 is 2.96 bits per heavy atom. The van der Waals surface area contributed by atoms with Gasteiger partial charge in [-0.15, -0.1) is 0 Å². The molecule has 1 amide bonds. The van der Waals surface area contributed by atoms with E-state index in [0.29, 0.717) is 18.9 Å². The van der Waals surface area contributed by atoms with Gasteiger partial charge in [0.1, 0.15) is 28.7 Å². The molecule has 1 saturated heterocycles. The van der Waals surface area contributed by atoms with Crippen molar-refractivity contribution in [2.75, 3.05) is 20.3 Å². The first-order chi connectivity index (χ1) is 11.0. The number of hydrogen-bond donors (Lipinski definition) is 1. The van der Waals surface area contributed by atoms with E-state index in [0.717, 1.165) is 12.8 Å². The van der Waals surface area contributed by atoms with Crippen LogP contribution in [0.25, 0.3) is 6.08 Å². The molecule has 0 saturated carbocycles. The summed E-state index contributed by atoms with van der Waals surface area (Å²) >= 11 is 0. The summed E-state index contributed by atoms with van der Waals surface area (Å²) in [5, 5.41) is 11.8. The van der Waals surface area contributed by atoms with E-state index in [-0.39, 0.29) is 23.0 Å². The van der Waals surface area contributed by atoms with Crippen LogP contribution in [0, 0.1) is 18.3 Å². The van der Waals surface area contributed by atoms with Crippen molar-refractivity contribution in [1.29, 1.82) is 5.26 Å². The zero-order valence-electron chi connectivity index (χ0n) is 13.0. The lowest BCUT2D eigenvalue weighted by atomic mass is 10.2.